The van der Waals surface area contributed by atoms with Gasteiger partial charge in [0, 0.05) is 26.2 Å². The molecule has 23 heavy (non-hydrogen) atoms. The summed E-state index contributed by atoms with van der Waals surface area (Å²) < 4.78 is 32.3. The first-order valence-electron chi connectivity index (χ1n) is 8.33. The zero-order valence-corrected chi connectivity index (χ0v) is 14.3. The van der Waals surface area contributed by atoms with Gasteiger partial charge in [-0.1, -0.05) is 19.3 Å². The molecule has 128 valence electrons. The molecule has 0 radical (unpaired) electrons. The summed E-state index contributed by atoms with van der Waals surface area (Å²) >= 11 is 0. The lowest BCUT2D eigenvalue weighted by molar-refractivity contribution is 0.0664. The molecule has 0 atom stereocenters. The monoisotopic (exact) mass is 340 g/mol. The van der Waals surface area contributed by atoms with Crippen LogP contribution in [0.5, 0.6) is 0 Å². The van der Waals surface area contributed by atoms with Gasteiger partial charge in [-0.05, 0) is 31.9 Å². The highest BCUT2D eigenvalue weighted by molar-refractivity contribution is 7.89. The molecule has 1 aliphatic heterocycles. The van der Waals surface area contributed by atoms with Crippen LogP contribution in [0.15, 0.2) is 16.5 Å². The molecule has 1 amide bonds. The van der Waals surface area contributed by atoms with Gasteiger partial charge >= 0.3 is 0 Å². The summed E-state index contributed by atoms with van der Waals surface area (Å²) in [6, 6.07) is 3.43. The minimum Gasteiger partial charge on any atom is -0.456 e. The lowest BCUT2D eigenvalue weighted by Gasteiger charge is -2.36. The quantitative estimate of drug-likeness (QED) is 0.844. The van der Waals surface area contributed by atoms with Gasteiger partial charge in [-0.3, -0.25) is 4.79 Å². The van der Waals surface area contributed by atoms with Gasteiger partial charge in [0.15, 0.2) is 5.76 Å². The Morgan fingerprint density at radius 3 is 2.30 bits per heavy atom. The van der Waals surface area contributed by atoms with E-state index in [0.717, 1.165) is 32.1 Å². The Balaban J connectivity index is 1.60. The van der Waals surface area contributed by atoms with E-state index in [-0.39, 0.29) is 11.2 Å². The predicted molar refractivity (Wildman–Crippen MR) is 86.7 cm³/mol. The molecule has 0 aromatic carbocycles. The Morgan fingerprint density at radius 1 is 1.09 bits per heavy atom. The number of carbonyl (C=O) groups is 1. The maximum atomic E-state index is 12.7. The minimum absolute atomic E-state index is 0.159. The van der Waals surface area contributed by atoms with Crippen molar-refractivity contribution in [3.05, 3.63) is 23.7 Å². The number of hydrogen-bond donors (Lipinski definition) is 0. The third kappa shape index (κ3) is 3.45. The van der Waals surface area contributed by atoms with Crippen LogP contribution in [0, 0.1) is 6.92 Å². The normalized spacial score (nSPS) is 21.5. The maximum absolute atomic E-state index is 12.7. The number of sulfonamides is 1. The van der Waals surface area contributed by atoms with E-state index < -0.39 is 10.0 Å². The van der Waals surface area contributed by atoms with Gasteiger partial charge < -0.3 is 9.32 Å². The van der Waals surface area contributed by atoms with E-state index in [1.54, 1.807) is 28.3 Å². The molecule has 0 N–H and O–H groups in total. The van der Waals surface area contributed by atoms with Crippen molar-refractivity contribution in [2.45, 2.75) is 44.3 Å². The van der Waals surface area contributed by atoms with Crippen LogP contribution in [0.2, 0.25) is 0 Å². The molecule has 1 saturated heterocycles. The van der Waals surface area contributed by atoms with Gasteiger partial charge in [0.2, 0.25) is 10.0 Å². The highest BCUT2D eigenvalue weighted by Crippen LogP contribution is 2.26. The van der Waals surface area contributed by atoms with Crippen molar-refractivity contribution in [1.82, 2.24) is 9.21 Å². The molecule has 1 aromatic heterocycles. The van der Waals surface area contributed by atoms with Crippen molar-refractivity contribution in [2.24, 2.45) is 0 Å². The summed E-state index contributed by atoms with van der Waals surface area (Å²) in [6.45, 7) is 3.40. The van der Waals surface area contributed by atoms with Crippen LogP contribution in [0.25, 0.3) is 0 Å². The van der Waals surface area contributed by atoms with Gasteiger partial charge in [0.1, 0.15) is 5.76 Å². The fourth-order valence-electron chi connectivity index (χ4n) is 3.42. The van der Waals surface area contributed by atoms with E-state index in [4.69, 9.17) is 4.42 Å². The van der Waals surface area contributed by atoms with Crippen LogP contribution in [0.3, 0.4) is 0 Å². The van der Waals surface area contributed by atoms with E-state index >= 15 is 0 Å². The molecule has 1 aromatic rings. The second-order valence-corrected chi connectivity index (χ2v) is 8.62. The van der Waals surface area contributed by atoms with Crippen LogP contribution < -0.4 is 0 Å². The van der Waals surface area contributed by atoms with E-state index in [9.17, 15) is 13.2 Å². The number of carbonyl (C=O) groups excluding carboxylic acids is 1. The number of rotatable bonds is 3. The standard InChI is InChI=1S/C16H24N2O4S/c1-13-7-8-15(22-13)16(19)17-9-11-18(12-10-17)23(20,21)14-5-3-2-4-6-14/h7-8,14H,2-6,9-12H2,1H3. The van der Waals surface area contributed by atoms with Crippen LogP contribution in [-0.2, 0) is 10.0 Å². The van der Waals surface area contributed by atoms with Crippen molar-refractivity contribution < 1.29 is 17.6 Å². The summed E-state index contributed by atoms with van der Waals surface area (Å²) in [6.07, 6.45) is 4.68. The molecule has 7 heteroatoms. The number of piperazine rings is 1. The third-order valence-corrected chi connectivity index (χ3v) is 7.21. The minimum atomic E-state index is -3.22. The summed E-state index contributed by atoms with van der Waals surface area (Å²) in [4.78, 5) is 14.0. The Bertz CT molecular complexity index is 653. The summed E-state index contributed by atoms with van der Waals surface area (Å²) in [5.74, 6) is 0.866. The van der Waals surface area contributed by atoms with Gasteiger partial charge in [0.05, 0.1) is 5.25 Å². The maximum Gasteiger partial charge on any atom is 0.289 e. The number of aryl methyl sites for hydroxylation is 1. The SMILES string of the molecule is Cc1ccc(C(=O)N2CCN(S(=O)(=O)C3CCCCC3)CC2)o1. The van der Waals surface area contributed by atoms with E-state index in [0.29, 0.717) is 37.7 Å². The fourth-order valence-corrected chi connectivity index (χ4v) is 5.45. The molecule has 0 unspecified atom stereocenters. The van der Waals surface area contributed by atoms with Gasteiger partial charge in [-0.15, -0.1) is 0 Å². The molecule has 0 spiro atoms. The Morgan fingerprint density at radius 2 is 1.74 bits per heavy atom. The van der Waals surface area contributed by atoms with Crippen LogP contribution in [0.4, 0.5) is 0 Å². The Hall–Kier alpha value is -1.34. The van der Waals surface area contributed by atoms with Crippen molar-refractivity contribution in [3.8, 4) is 0 Å². The molecule has 0 bridgehead atoms. The van der Waals surface area contributed by atoms with Gasteiger partial charge in [-0.2, -0.15) is 4.31 Å². The van der Waals surface area contributed by atoms with Crippen molar-refractivity contribution in [2.75, 3.05) is 26.2 Å². The molecule has 1 saturated carbocycles. The Labute approximate surface area is 137 Å². The van der Waals surface area contributed by atoms with E-state index in [1.165, 1.54) is 0 Å². The largest absolute Gasteiger partial charge is 0.456 e. The number of hydrogen-bond acceptors (Lipinski definition) is 4. The molecule has 2 fully saturated rings. The first-order chi connectivity index (χ1) is 11.0. The molecule has 2 heterocycles. The predicted octanol–water partition coefficient (Wildman–Crippen LogP) is 2.01. The summed E-state index contributed by atoms with van der Waals surface area (Å²) in [7, 11) is -3.22. The summed E-state index contributed by atoms with van der Waals surface area (Å²) in [5.41, 5.74) is 0. The smallest absolute Gasteiger partial charge is 0.289 e. The van der Waals surface area contributed by atoms with E-state index in [1.807, 2.05) is 0 Å². The van der Waals surface area contributed by atoms with Crippen LogP contribution in [0.1, 0.15) is 48.4 Å². The highest BCUT2D eigenvalue weighted by Gasteiger charge is 2.35. The number of furan rings is 1. The molecule has 6 nitrogen and oxygen atoms in total. The van der Waals surface area contributed by atoms with Crippen molar-refractivity contribution in [1.29, 1.82) is 0 Å². The topological polar surface area (TPSA) is 70.8 Å². The first-order valence-corrected chi connectivity index (χ1v) is 9.83. The van der Waals surface area contributed by atoms with E-state index in [2.05, 4.69) is 0 Å². The lowest BCUT2D eigenvalue weighted by Crippen LogP contribution is -2.52. The number of nitrogens with zero attached hydrogens (tertiary/aromatic N) is 2. The zero-order chi connectivity index (χ0) is 16.4. The molecular weight excluding hydrogens is 316 g/mol. The van der Waals surface area contributed by atoms with Crippen LogP contribution >= 0.6 is 0 Å². The highest BCUT2D eigenvalue weighted by atomic mass is 32.2. The van der Waals surface area contributed by atoms with Crippen LogP contribution in [-0.4, -0.2) is 55.0 Å². The van der Waals surface area contributed by atoms with Crippen molar-refractivity contribution >= 4 is 15.9 Å². The van der Waals surface area contributed by atoms with Gasteiger partial charge in [-0.25, -0.2) is 8.42 Å². The molecule has 2 aliphatic rings. The molecule has 3 rings (SSSR count). The molecular formula is C16H24N2O4S. The zero-order valence-electron chi connectivity index (χ0n) is 13.5. The van der Waals surface area contributed by atoms with Crippen molar-refractivity contribution in [3.63, 3.8) is 0 Å². The van der Waals surface area contributed by atoms with Gasteiger partial charge in [0.25, 0.3) is 5.91 Å². The first kappa shape index (κ1) is 16.5. The lowest BCUT2D eigenvalue weighted by atomic mass is 10.0. The Kier molecular flexibility index (Phi) is 4.77. The number of amides is 1. The second-order valence-electron chi connectivity index (χ2n) is 6.41. The third-order valence-electron chi connectivity index (χ3n) is 4.81. The second kappa shape index (κ2) is 6.65. The average molecular weight is 340 g/mol. The summed E-state index contributed by atoms with van der Waals surface area (Å²) in [5, 5.41) is -0.230. The molecule has 1 aliphatic carbocycles. The average Bonchev–Trinajstić information content (AvgIpc) is 3.01. The fraction of sp³-hybridized carbons (Fsp3) is 0.688.